The number of anilines is 1. The fraction of sp³-hybridized carbons (Fsp3) is 0.278. The summed E-state index contributed by atoms with van der Waals surface area (Å²) in [6.07, 6.45) is 0.932. The summed E-state index contributed by atoms with van der Waals surface area (Å²) in [6, 6.07) is 28.5. The van der Waals surface area contributed by atoms with Gasteiger partial charge in [-0.25, -0.2) is 8.42 Å². The second-order valence-electron chi connectivity index (χ2n) is 11.1. The topological polar surface area (TPSA) is 96.0 Å². The highest BCUT2D eigenvalue weighted by Gasteiger charge is 2.35. The molecule has 0 unspecified atom stereocenters. The lowest BCUT2D eigenvalue weighted by atomic mass is 10.0. The first-order valence-electron chi connectivity index (χ1n) is 15.1. The molecule has 0 saturated carbocycles. The van der Waals surface area contributed by atoms with E-state index in [0.717, 1.165) is 15.4 Å². The van der Waals surface area contributed by atoms with Crippen LogP contribution in [-0.2, 0) is 32.6 Å². The molecule has 2 amide bonds. The van der Waals surface area contributed by atoms with E-state index in [-0.39, 0.29) is 29.8 Å². The Balaban J connectivity index is 1.83. The van der Waals surface area contributed by atoms with Crippen molar-refractivity contribution in [1.29, 1.82) is 0 Å². The highest BCUT2D eigenvalue weighted by molar-refractivity contribution is 7.92. The van der Waals surface area contributed by atoms with E-state index in [4.69, 9.17) is 16.3 Å². The van der Waals surface area contributed by atoms with Crippen LogP contribution in [0.3, 0.4) is 0 Å². The number of carbonyl (C=O) groups is 2. The predicted molar refractivity (Wildman–Crippen MR) is 183 cm³/mol. The van der Waals surface area contributed by atoms with E-state index < -0.39 is 28.5 Å². The Kier molecular flexibility index (Phi) is 11.8. The van der Waals surface area contributed by atoms with Crippen LogP contribution in [0.25, 0.3) is 0 Å². The van der Waals surface area contributed by atoms with E-state index in [0.29, 0.717) is 28.4 Å². The number of para-hydroxylation sites is 1. The van der Waals surface area contributed by atoms with Crippen LogP contribution in [0.4, 0.5) is 5.69 Å². The van der Waals surface area contributed by atoms with E-state index in [2.05, 4.69) is 5.32 Å². The summed E-state index contributed by atoms with van der Waals surface area (Å²) >= 11 is 6.07. The van der Waals surface area contributed by atoms with Gasteiger partial charge in [-0.2, -0.15) is 0 Å². The average molecular weight is 662 g/mol. The smallest absolute Gasteiger partial charge is 0.264 e. The molecule has 0 saturated heterocycles. The third-order valence-electron chi connectivity index (χ3n) is 7.82. The molecule has 0 heterocycles. The average Bonchev–Trinajstić information content (AvgIpc) is 3.06. The van der Waals surface area contributed by atoms with Gasteiger partial charge in [0.15, 0.2) is 0 Å². The number of amides is 2. The summed E-state index contributed by atoms with van der Waals surface area (Å²) in [5.41, 5.74) is 2.61. The lowest BCUT2D eigenvalue weighted by molar-refractivity contribution is -0.140. The van der Waals surface area contributed by atoms with Gasteiger partial charge in [0.2, 0.25) is 11.8 Å². The Hall–Kier alpha value is -4.34. The molecule has 1 N–H and O–H groups in total. The molecule has 2 atom stereocenters. The minimum atomic E-state index is -4.23. The number of nitrogens with zero attached hydrogens (tertiary/aromatic N) is 2. The second-order valence-corrected chi connectivity index (χ2v) is 13.4. The Morgan fingerprint density at radius 3 is 2.20 bits per heavy atom. The van der Waals surface area contributed by atoms with Gasteiger partial charge in [-0.05, 0) is 79.4 Å². The number of methoxy groups -OCH3 is 1. The van der Waals surface area contributed by atoms with Crippen LogP contribution in [-0.4, -0.2) is 50.9 Å². The molecule has 0 aliphatic rings. The lowest BCUT2D eigenvalue weighted by Gasteiger charge is -2.34. The lowest BCUT2D eigenvalue weighted by Crippen LogP contribution is -2.54. The van der Waals surface area contributed by atoms with Crippen molar-refractivity contribution in [1.82, 2.24) is 10.2 Å². The molecular weight excluding hydrogens is 622 g/mol. The highest BCUT2D eigenvalue weighted by atomic mass is 35.5. The highest BCUT2D eigenvalue weighted by Crippen LogP contribution is 2.28. The van der Waals surface area contributed by atoms with Crippen LogP contribution in [0.2, 0.25) is 5.02 Å². The van der Waals surface area contributed by atoms with E-state index >= 15 is 0 Å². The van der Waals surface area contributed by atoms with Crippen molar-refractivity contribution in [3.8, 4) is 5.75 Å². The van der Waals surface area contributed by atoms with Gasteiger partial charge in [0.25, 0.3) is 10.0 Å². The van der Waals surface area contributed by atoms with E-state index in [1.165, 1.54) is 29.2 Å². The Morgan fingerprint density at radius 1 is 0.891 bits per heavy atom. The Bertz CT molecular complexity index is 1730. The first-order chi connectivity index (χ1) is 22.0. The van der Waals surface area contributed by atoms with Gasteiger partial charge < -0.3 is 15.0 Å². The van der Waals surface area contributed by atoms with Gasteiger partial charge in [0.1, 0.15) is 18.3 Å². The largest absolute Gasteiger partial charge is 0.497 e. The number of sulfonamides is 1. The molecule has 8 nitrogen and oxygen atoms in total. The molecule has 0 fully saturated rings. The maximum atomic E-state index is 14.6. The molecule has 0 radical (unpaired) electrons. The minimum Gasteiger partial charge on any atom is -0.497 e. The molecule has 0 aliphatic carbocycles. The summed E-state index contributed by atoms with van der Waals surface area (Å²) in [4.78, 5) is 30.0. The summed E-state index contributed by atoms with van der Waals surface area (Å²) in [6.45, 7) is 5.17. The van der Waals surface area contributed by atoms with E-state index in [1.807, 2.05) is 56.3 Å². The van der Waals surface area contributed by atoms with E-state index in [1.54, 1.807) is 50.4 Å². The van der Waals surface area contributed by atoms with Crippen molar-refractivity contribution in [2.45, 2.75) is 57.1 Å². The summed E-state index contributed by atoms with van der Waals surface area (Å²) < 4.78 is 34.9. The fourth-order valence-electron chi connectivity index (χ4n) is 5.05. The van der Waals surface area contributed by atoms with Crippen molar-refractivity contribution in [3.05, 3.63) is 125 Å². The van der Waals surface area contributed by atoms with Gasteiger partial charge in [-0.1, -0.05) is 79.2 Å². The van der Waals surface area contributed by atoms with Gasteiger partial charge >= 0.3 is 0 Å². The van der Waals surface area contributed by atoms with Crippen LogP contribution in [0.5, 0.6) is 5.75 Å². The standard InChI is InChI=1S/C36H40ClN3O5S/c1-5-27(3)38-36(42)34(23-28-13-7-6-8-14-28)39(24-29-15-11-16-31(22-29)45-4)35(41)25-40(33-17-10-9-12-26(33)2)46(43,44)32-20-18-30(37)19-21-32/h6-22,27,34H,5,23-25H2,1-4H3,(H,38,42)/t27-,34+/m1/s1. The number of hydrogen-bond donors (Lipinski definition) is 1. The first-order valence-corrected chi connectivity index (χ1v) is 17.0. The number of rotatable bonds is 14. The van der Waals surface area contributed by atoms with Crippen LogP contribution in [0, 0.1) is 6.92 Å². The van der Waals surface area contributed by atoms with Crippen molar-refractivity contribution in [2.24, 2.45) is 0 Å². The zero-order valence-corrected chi connectivity index (χ0v) is 28.1. The molecular formula is C36H40ClN3O5S. The van der Waals surface area contributed by atoms with Crippen LogP contribution >= 0.6 is 11.6 Å². The number of hydrogen-bond acceptors (Lipinski definition) is 5. The molecule has 0 bridgehead atoms. The maximum absolute atomic E-state index is 14.6. The number of aryl methyl sites for hydroxylation is 1. The van der Waals surface area contributed by atoms with Crippen LogP contribution in [0.1, 0.15) is 37.0 Å². The zero-order valence-electron chi connectivity index (χ0n) is 26.5. The van der Waals surface area contributed by atoms with Crippen LogP contribution < -0.4 is 14.4 Å². The summed E-state index contributed by atoms with van der Waals surface area (Å²) in [5, 5.41) is 3.43. The monoisotopic (exact) mass is 661 g/mol. The molecule has 4 aromatic carbocycles. The van der Waals surface area contributed by atoms with Gasteiger partial charge in [-0.3, -0.25) is 13.9 Å². The molecule has 0 aliphatic heterocycles. The van der Waals surface area contributed by atoms with Gasteiger partial charge in [-0.15, -0.1) is 0 Å². The third-order valence-corrected chi connectivity index (χ3v) is 9.85. The number of ether oxygens (including phenoxy) is 1. The molecule has 46 heavy (non-hydrogen) atoms. The third kappa shape index (κ3) is 8.68. The quantitative estimate of drug-likeness (QED) is 0.169. The molecule has 4 rings (SSSR count). The molecule has 242 valence electrons. The Morgan fingerprint density at radius 2 is 1.54 bits per heavy atom. The second kappa shape index (κ2) is 15.8. The molecule has 10 heteroatoms. The summed E-state index contributed by atoms with van der Waals surface area (Å²) in [7, 11) is -2.67. The molecule has 0 aromatic heterocycles. The number of carbonyl (C=O) groups excluding carboxylic acids is 2. The first kappa shape index (κ1) is 34.5. The summed E-state index contributed by atoms with van der Waals surface area (Å²) in [5.74, 6) is -0.262. The Labute approximate surface area is 277 Å². The number of nitrogens with one attached hydrogen (secondary N) is 1. The zero-order chi connectivity index (χ0) is 33.3. The fourth-order valence-corrected chi connectivity index (χ4v) is 6.66. The normalized spacial score (nSPS) is 12.5. The SMILES string of the molecule is CC[C@@H](C)NC(=O)[C@H](Cc1ccccc1)N(Cc1cccc(OC)c1)C(=O)CN(c1ccccc1C)S(=O)(=O)c1ccc(Cl)cc1. The van der Waals surface area contributed by atoms with E-state index in [9.17, 15) is 18.0 Å². The minimum absolute atomic E-state index is 0.0114. The molecule has 4 aromatic rings. The van der Waals surface area contributed by atoms with Gasteiger partial charge in [0.05, 0.1) is 17.7 Å². The van der Waals surface area contributed by atoms with Crippen LogP contribution in [0.15, 0.2) is 108 Å². The predicted octanol–water partition coefficient (Wildman–Crippen LogP) is 6.41. The maximum Gasteiger partial charge on any atom is 0.264 e. The van der Waals surface area contributed by atoms with Crippen molar-refractivity contribution < 1.29 is 22.7 Å². The van der Waals surface area contributed by atoms with Gasteiger partial charge in [0, 0.05) is 24.0 Å². The van der Waals surface area contributed by atoms with Crippen molar-refractivity contribution in [3.63, 3.8) is 0 Å². The molecule has 0 spiro atoms. The van der Waals surface area contributed by atoms with Crippen molar-refractivity contribution >= 4 is 39.1 Å². The number of benzene rings is 4. The van der Waals surface area contributed by atoms with Crippen molar-refractivity contribution in [2.75, 3.05) is 18.0 Å². The number of halogens is 1.